The zero-order valence-corrected chi connectivity index (χ0v) is 21.0. The molecule has 0 fully saturated rings. The Bertz CT molecular complexity index is 980. The number of carbonyl (C=O) groups is 2. The average Bonchev–Trinajstić information content (AvgIpc) is 2.84. The van der Waals surface area contributed by atoms with Gasteiger partial charge in [0.05, 0.1) is 12.3 Å². The summed E-state index contributed by atoms with van der Waals surface area (Å²) in [6.45, 7) is 7.26. The highest BCUT2D eigenvalue weighted by atomic mass is 16.5. The maximum absolute atomic E-state index is 12.9. The fraction of sp³-hybridized carbons (Fsp3) is 0.423. The van der Waals surface area contributed by atoms with Crippen LogP contribution in [-0.4, -0.2) is 84.9 Å². The lowest BCUT2D eigenvalue weighted by molar-refractivity contribution is -0.137. The van der Waals surface area contributed by atoms with Gasteiger partial charge in [-0.1, -0.05) is 25.1 Å². The highest BCUT2D eigenvalue weighted by Gasteiger charge is 2.14. The molecule has 2 aromatic rings. The van der Waals surface area contributed by atoms with Gasteiger partial charge < -0.3 is 25.4 Å². The van der Waals surface area contributed by atoms with Crippen LogP contribution in [0.2, 0.25) is 0 Å². The van der Waals surface area contributed by atoms with E-state index in [1.165, 1.54) is 6.08 Å². The molecule has 0 radical (unpaired) electrons. The number of aliphatic hydroxyl groups excluding tert-OH is 1. The number of nitrogens with one attached hydrogen (secondary N) is 2. The van der Waals surface area contributed by atoms with E-state index in [4.69, 9.17) is 4.74 Å². The average molecular weight is 484 g/mol. The molecule has 9 nitrogen and oxygen atoms in total. The van der Waals surface area contributed by atoms with Gasteiger partial charge in [0.1, 0.15) is 6.23 Å². The van der Waals surface area contributed by atoms with Crippen LogP contribution in [0, 0.1) is 0 Å². The zero-order valence-electron chi connectivity index (χ0n) is 21.0. The first-order valence-corrected chi connectivity index (χ1v) is 11.8. The topological polar surface area (TPSA) is 107 Å². The third-order valence-corrected chi connectivity index (χ3v) is 5.27. The van der Waals surface area contributed by atoms with E-state index in [9.17, 15) is 14.7 Å². The Kier molecular flexibility index (Phi) is 12.1. The number of benzene rings is 1. The summed E-state index contributed by atoms with van der Waals surface area (Å²) in [5.74, 6) is -0.726. The summed E-state index contributed by atoms with van der Waals surface area (Å²) in [5.41, 5.74) is 2.42. The molecule has 1 aromatic heterocycles. The molecule has 1 heterocycles. The Morgan fingerprint density at radius 3 is 2.66 bits per heavy atom. The first-order valence-electron chi connectivity index (χ1n) is 11.8. The van der Waals surface area contributed by atoms with E-state index in [1.54, 1.807) is 43.5 Å². The molecule has 3 N–H and O–H groups in total. The van der Waals surface area contributed by atoms with Crippen LogP contribution in [-0.2, 0) is 16.1 Å². The lowest BCUT2D eigenvalue weighted by atomic mass is 10.1. The monoisotopic (exact) mass is 483 g/mol. The van der Waals surface area contributed by atoms with Crippen LogP contribution in [0.1, 0.15) is 35.5 Å². The number of likely N-dealkylation sites (N-methyl/N-ethyl adjacent to an activating group) is 2. The van der Waals surface area contributed by atoms with Crippen molar-refractivity contribution in [3.05, 3.63) is 65.5 Å². The van der Waals surface area contributed by atoms with Gasteiger partial charge in [-0.2, -0.15) is 0 Å². The van der Waals surface area contributed by atoms with Gasteiger partial charge in [0.25, 0.3) is 5.91 Å². The Labute approximate surface area is 207 Å². The predicted molar refractivity (Wildman–Crippen MR) is 138 cm³/mol. The van der Waals surface area contributed by atoms with Gasteiger partial charge in [0, 0.05) is 49.7 Å². The molecule has 2 rings (SSSR count). The van der Waals surface area contributed by atoms with Crippen molar-refractivity contribution >= 4 is 23.6 Å². The summed E-state index contributed by atoms with van der Waals surface area (Å²) in [5, 5.41) is 16.6. The van der Waals surface area contributed by atoms with E-state index >= 15 is 0 Å². The molecule has 1 atom stereocenters. The van der Waals surface area contributed by atoms with E-state index < -0.39 is 12.2 Å². The van der Waals surface area contributed by atoms with Crippen LogP contribution < -0.4 is 10.6 Å². The summed E-state index contributed by atoms with van der Waals surface area (Å²) in [4.78, 5) is 32.9. The molecular weight excluding hydrogens is 446 g/mol. The number of hydrogen-bond acceptors (Lipinski definition) is 8. The van der Waals surface area contributed by atoms with Gasteiger partial charge in [0.15, 0.2) is 0 Å². The van der Waals surface area contributed by atoms with Gasteiger partial charge >= 0.3 is 5.97 Å². The summed E-state index contributed by atoms with van der Waals surface area (Å²) >= 11 is 0. The van der Waals surface area contributed by atoms with Gasteiger partial charge in [0.2, 0.25) is 0 Å². The Balaban J connectivity index is 1.96. The van der Waals surface area contributed by atoms with Crippen molar-refractivity contribution in [2.75, 3.05) is 52.2 Å². The zero-order chi connectivity index (χ0) is 25.6. The number of amides is 1. The van der Waals surface area contributed by atoms with Crippen LogP contribution in [0.4, 0.5) is 5.69 Å². The van der Waals surface area contributed by atoms with E-state index in [-0.39, 0.29) is 5.91 Å². The van der Waals surface area contributed by atoms with Crippen LogP contribution in [0.3, 0.4) is 0 Å². The van der Waals surface area contributed by atoms with Crippen molar-refractivity contribution < 1.29 is 19.4 Å². The fourth-order valence-corrected chi connectivity index (χ4v) is 3.32. The number of pyridine rings is 1. The maximum Gasteiger partial charge on any atom is 0.330 e. The minimum atomic E-state index is -0.606. The standard InChI is InChI=1S/C26H37N5O4/c1-5-31(16-15-30(3)4)24(32)19-27-18-22-17-21(13-14-28-22)26(34)29-23-10-8-7-9-20(23)11-12-25(33)35-6-2/h7-14,17,24,27,32H,5-6,15-16,18-19H2,1-4H3,(H,29,34)/b12-11+. The second-order valence-corrected chi connectivity index (χ2v) is 8.21. The van der Waals surface area contributed by atoms with Gasteiger partial charge in [-0.15, -0.1) is 0 Å². The summed E-state index contributed by atoms with van der Waals surface area (Å²) in [6, 6.07) is 10.6. The normalized spacial score (nSPS) is 12.3. The van der Waals surface area contributed by atoms with E-state index in [0.29, 0.717) is 42.2 Å². The number of carbonyl (C=O) groups excluding carboxylic acids is 2. The lowest BCUT2D eigenvalue weighted by Gasteiger charge is -2.28. The molecule has 0 bridgehead atoms. The Hall–Kier alpha value is -3.11. The Morgan fingerprint density at radius 2 is 1.94 bits per heavy atom. The molecule has 1 amide bonds. The molecule has 9 heteroatoms. The van der Waals surface area contributed by atoms with Crippen molar-refractivity contribution in [2.24, 2.45) is 0 Å². The molecule has 1 aromatic carbocycles. The maximum atomic E-state index is 12.9. The summed E-state index contributed by atoms with van der Waals surface area (Å²) in [6.07, 6.45) is 3.92. The number of anilines is 1. The number of ether oxygens (including phenoxy) is 1. The van der Waals surface area contributed by atoms with Crippen LogP contribution in [0.5, 0.6) is 0 Å². The molecular formula is C26H37N5O4. The highest BCUT2D eigenvalue weighted by Crippen LogP contribution is 2.18. The minimum Gasteiger partial charge on any atom is -0.463 e. The molecule has 0 aliphatic rings. The smallest absolute Gasteiger partial charge is 0.330 e. The number of aromatic nitrogens is 1. The number of esters is 1. The third kappa shape index (κ3) is 9.96. The Morgan fingerprint density at radius 1 is 1.17 bits per heavy atom. The highest BCUT2D eigenvalue weighted by molar-refractivity contribution is 6.05. The van der Waals surface area contributed by atoms with Crippen molar-refractivity contribution in [3.8, 4) is 0 Å². The van der Waals surface area contributed by atoms with Crippen LogP contribution >= 0.6 is 0 Å². The largest absolute Gasteiger partial charge is 0.463 e. The van der Waals surface area contributed by atoms with Crippen LogP contribution in [0.15, 0.2) is 48.7 Å². The van der Waals surface area contributed by atoms with Gasteiger partial charge in [-0.25, -0.2) is 4.79 Å². The SMILES string of the molecule is CCOC(=O)/C=C/c1ccccc1NC(=O)c1ccnc(CNCC(O)N(CC)CCN(C)C)c1. The quantitative estimate of drug-likeness (QED) is 0.213. The molecule has 35 heavy (non-hydrogen) atoms. The van der Waals surface area contributed by atoms with Gasteiger partial charge in [-0.3, -0.25) is 14.7 Å². The number of rotatable bonds is 14. The van der Waals surface area contributed by atoms with Crippen LogP contribution in [0.25, 0.3) is 6.08 Å². The fourth-order valence-electron chi connectivity index (χ4n) is 3.32. The number of aliphatic hydroxyl groups is 1. The van der Waals surface area contributed by atoms with E-state index in [0.717, 1.165) is 19.6 Å². The molecule has 0 spiro atoms. The van der Waals surface area contributed by atoms with E-state index in [1.807, 2.05) is 38.1 Å². The summed E-state index contributed by atoms with van der Waals surface area (Å²) < 4.78 is 4.91. The minimum absolute atomic E-state index is 0.286. The molecule has 0 aliphatic heterocycles. The second-order valence-electron chi connectivity index (χ2n) is 8.21. The third-order valence-electron chi connectivity index (χ3n) is 5.27. The van der Waals surface area contributed by atoms with E-state index in [2.05, 4.69) is 20.5 Å². The predicted octanol–water partition coefficient (Wildman–Crippen LogP) is 2.20. The molecule has 0 saturated heterocycles. The number of nitrogens with zero attached hydrogens (tertiary/aromatic N) is 3. The second kappa shape index (κ2) is 15.0. The number of para-hydroxylation sites is 1. The molecule has 0 aliphatic carbocycles. The first kappa shape index (κ1) is 28.1. The number of hydrogen-bond donors (Lipinski definition) is 3. The van der Waals surface area contributed by atoms with Crippen molar-refractivity contribution in [3.63, 3.8) is 0 Å². The molecule has 190 valence electrons. The van der Waals surface area contributed by atoms with Gasteiger partial charge in [-0.05, 0) is 57.4 Å². The first-order chi connectivity index (χ1) is 16.8. The van der Waals surface area contributed by atoms with Crippen molar-refractivity contribution in [1.82, 2.24) is 20.1 Å². The van der Waals surface area contributed by atoms with Crippen molar-refractivity contribution in [1.29, 1.82) is 0 Å². The molecule has 1 unspecified atom stereocenters. The lowest BCUT2D eigenvalue weighted by Crippen LogP contribution is -2.44. The summed E-state index contributed by atoms with van der Waals surface area (Å²) in [7, 11) is 4.01. The van der Waals surface area contributed by atoms with Crippen molar-refractivity contribution in [2.45, 2.75) is 26.6 Å². The molecule has 0 saturated carbocycles.